The van der Waals surface area contributed by atoms with Crippen molar-refractivity contribution in [1.29, 1.82) is 0 Å². The van der Waals surface area contributed by atoms with Crippen molar-refractivity contribution in [2.45, 2.75) is 11.3 Å². The first kappa shape index (κ1) is 16.9. The number of aliphatic carboxylic acids is 1. The largest absolute Gasteiger partial charge is 0.481 e. The van der Waals surface area contributed by atoms with Crippen LogP contribution in [0.4, 0.5) is 4.79 Å². The van der Waals surface area contributed by atoms with Crippen molar-refractivity contribution < 1.29 is 23.1 Å². The summed E-state index contributed by atoms with van der Waals surface area (Å²) in [4.78, 5) is 21.6. The van der Waals surface area contributed by atoms with Crippen LogP contribution in [0.3, 0.4) is 0 Å². The second-order valence-corrected chi connectivity index (χ2v) is 5.80. The molecule has 0 fully saturated rings. The maximum atomic E-state index is 11.8. The van der Waals surface area contributed by atoms with Crippen molar-refractivity contribution >= 4 is 22.0 Å². The maximum absolute atomic E-state index is 11.8. The Bertz CT molecular complexity index is 574. The van der Waals surface area contributed by atoms with E-state index in [1.807, 2.05) is 0 Å². The summed E-state index contributed by atoms with van der Waals surface area (Å²) in [6, 6.07) is 7.33. The molecule has 9 heteroatoms. The molecule has 0 aliphatic carbocycles. The highest BCUT2D eigenvalue weighted by Crippen LogP contribution is 2.06. The van der Waals surface area contributed by atoms with Gasteiger partial charge in [-0.25, -0.2) is 17.9 Å². The van der Waals surface area contributed by atoms with Crippen molar-refractivity contribution in [1.82, 2.24) is 15.4 Å². The molecule has 0 spiro atoms. The molecule has 1 aromatic carbocycles. The average Bonchev–Trinajstić information content (AvgIpc) is 2.44. The SMILES string of the molecule is O=C(O)CCNC(=O)NCCNS(=O)(=O)c1ccccc1. The lowest BCUT2D eigenvalue weighted by atomic mass is 10.4. The molecule has 4 N–H and O–H groups in total. The molecule has 21 heavy (non-hydrogen) atoms. The number of carboxylic acid groups (broad SMARTS) is 1. The molecule has 0 bridgehead atoms. The molecule has 1 aromatic rings. The molecular formula is C12H17N3O5S. The zero-order chi connectivity index (χ0) is 15.7. The van der Waals surface area contributed by atoms with Crippen LogP contribution < -0.4 is 15.4 Å². The van der Waals surface area contributed by atoms with E-state index in [4.69, 9.17) is 5.11 Å². The van der Waals surface area contributed by atoms with E-state index in [-0.39, 0.29) is 31.0 Å². The summed E-state index contributed by atoms with van der Waals surface area (Å²) in [5.41, 5.74) is 0. The molecule has 0 aromatic heterocycles. The highest BCUT2D eigenvalue weighted by atomic mass is 32.2. The third-order valence-electron chi connectivity index (χ3n) is 2.38. The Morgan fingerprint density at radius 3 is 2.24 bits per heavy atom. The summed E-state index contributed by atoms with van der Waals surface area (Å²) in [6.07, 6.45) is -0.173. The molecule has 0 heterocycles. The zero-order valence-electron chi connectivity index (χ0n) is 11.2. The molecule has 0 aliphatic heterocycles. The number of carbonyl (C=O) groups excluding carboxylic acids is 1. The normalized spacial score (nSPS) is 10.9. The van der Waals surface area contributed by atoms with Crippen molar-refractivity contribution in [3.63, 3.8) is 0 Å². The van der Waals surface area contributed by atoms with Crippen molar-refractivity contribution in [3.05, 3.63) is 30.3 Å². The number of carbonyl (C=O) groups is 2. The topological polar surface area (TPSA) is 125 Å². The highest BCUT2D eigenvalue weighted by Gasteiger charge is 2.12. The first-order valence-electron chi connectivity index (χ1n) is 6.20. The Morgan fingerprint density at radius 2 is 1.62 bits per heavy atom. The second kappa shape index (κ2) is 8.22. The number of urea groups is 1. The van der Waals surface area contributed by atoms with Gasteiger partial charge in [-0.15, -0.1) is 0 Å². The fourth-order valence-electron chi connectivity index (χ4n) is 1.39. The van der Waals surface area contributed by atoms with Gasteiger partial charge < -0.3 is 15.7 Å². The summed E-state index contributed by atoms with van der Waals surface area (Å²) >= 11 is 0. The van der Waals surface area contributed by atoms with Gasteiger partial charge in [0.25, 0.3) is 0 Å². The van der Waals surface area contributed by atoms with Gasteiger partial charge in [-0.2, -0.15) is 0 Å². The van der Waals surface area contributed by atoms with Gasteiger partial charge in [0.05, 0.1) is 11.3 Å². The third-order valence-corrected chi connectivity index (χ3v) is 3.86. The minimum atomic E-state index is -3.59. The van der Waals surface area contributed by atoms with Crippen LogP contribution in [0.5, 0.6) is 0 Å². The number of benzene rings is 1. The zero-order valence-corrected chi connectivity index (χ0v) is 12.0. The van der Waals surface area contributed by atoms with E-state index >= 15 is 0 Å². The minimum absolute atomic E-state index is 0.0108. The first-order valence-corrected chi connectivity index (χ1v) is 7.68. The van der Waals surface area contributed by atoms with Crippen LogP contribution in [0.15, 0.2) is 35.2 Å². The number of amides is 2. The van der Waals surface area contributed by atoms with E-state index in [0.29, 0.717) is 0 Å². The Morgan fingerprint density at radius 1 is 1.00 bits per heavy atom. The molecule has 0 saturated carbocycles. The monoisotopic (exact) mass is 315 g/mol. The van der Waals surface area contributed by atoms with E-state index in [0.717, 1.165) is 0 Å². The van der Waals surface area contributed by atoms with Crippen LogP contribution in [0.1, 0.15) is 6.42 Å². The summed E-state index contributed by atoms with van der Waals surface area (Å²) in [7, 11) is -3.59. The van der Waals surface area contributed by atoms with Gasteiger partial charge in [0, 0.05) is 19.6 Å². The predicted octanol–water partition coefficient (Wildman–Crippen LogP) is -0.261. The van der Waals surface area contributed by atoms with Gasteiger partial charge in [0.1, 0.15) is 0 Å². The van der Waals surface area contributed by atoms with Gasteiger partial charge in [0.15, 0.2) is 0 Å². The predicted molar refractivity (Wildman–Crippen MR) is 75.3 cm³/mol. The Kier molecular flexibility index (Phi) is 6.63. The molecule has 0 atom stereocenters. The highest BCUT2D eigenvalue weighted by molar-refractivity contribution is 7.89. The average molecular weight is 315 g/mol. The fraction of sp³-hybridized carbons (Fsp3) is 0.333. The van der Waals surface area contributed by atoms with Crippen molar-refractivity contribution in [2.24, 2.45) is 0 Å². The fourth-order valence-corrected chi connectivity index (χ4v) is 2.44. The molecular weight excluding hydrogens is 298 g/mol. The Hall–Kier alpha value is -2.13. The quantitative estimate of drug-likeness (QED) is 0.492. The summed E-state index contributed by atoms with van der Waals surface area (Å²) in [6.45, 7) is 0.130. The number of sulfonamides is 1. The van der Waals surface area contributed by atoms with Crippen molar-refractivity contribution in [3.8, 4) is 0 Å². The van der Waals surface area contributed by atoms with Crippen molar-refractivity contribution in [2.75, 3.05) is 19.6 Å². The maximum Gasteiger partial charge on any atom is 0.314 e. The van der Waals surface area contributed by atoms with Crippen LogP contribution in [0, 0.1) is 0 Å². The van der Waals surface area contributed by atoms with E-state index in [1.54, 1.807) is 18.2 Å². The lowest BCUT2D eigenvalue weighted by Gasteiger charge is -2.08. The van der Waals surface area contributed by atoms with Gasteiger partial charge in [-0.05, 0) is 12.1 Å². The van der Waals surface area contributed by atoms with Gasteiger partial charge >= 0.3 is 12.0 Å². The van der Waals surface area contributed by atoms with Gasteiger partial charge in [0.2, 0.25) is 10.0 Å². The Labute approximate surface area is 122 Å². The molecule has 0 unspecified atom stereocenters. The number of hydrogen-bond acceptors (Lipinski definition) is 4. The van der Waals surface area contributed by atoms with E-state index in [1.165, 1.54) is 12.1 Å². The van der Waals surface area contributed by atoms with Crippen LogP contribution in [0.2, 0.25) is 0 Å². The second-order valence-electron chi connectivity index (χ2n) is 4.04. The number of nitrogens with one attached hydrogen (secondary N) is 3. The van der Waals surface area contributed by atoms with Gasteiger partial charge in [-0.1, -0.05) is 18.2 Å². The van der Waals surface area contributed by atoms with Crippen LogP contribution in [0.25, 0.3) is 0 Å². The lowest BCUT2D eigenvalue weighted by molar-refractivity contribution is -0.136. The molecule has 1 rings (SSSR count). The van der Waals surface area contributed by atoms with E-state index in [2.05, 4.69) is 15.4 Å². The molecule has 116 valence electrons. The lowest BCUT2D eigenvalue weighted by Crippen LogP contribution is -2.40. The molecule has 8 nitrogen and oxygen atoms in total. The first-order chi connectivity index (χ1) is 9.92. The van der Waals surface area contributed by atoms with Crippen LogP contribution >= 0.6 is 0 Å². The minimum Gasteiger partial charge on any atom is -0.481 e. The number of carboxylic acids is 1. The number of hydrogen-bond donors (Lipinski definition) is 4. The summed E-state index contributed by atoms with van der Waals surface area (Å²) < 4.78 is 26.0. The van der Waals surface area contributed by atoms with Gasteiger partial charge in [-0.3, -0.25) is 4.79 Å². The molecule has 0 saturated heterocycles. The Balaban J connectivity index is 2.25. The summed E-state index contributed by atoms with van der Waals surface area (Å²) in [5, 5.41) is 13.1. The molecule has 2 amide bonds. The third kappa shape index (κ3) is 6.72. The standard InChI is InChI=1S/C12H17N3O5S/c16-11(17)6-7-13-12(18)14-8-9-15-21(19,20)10-4-2-1-3-5-10/h1-5,15H,6-9H2,(H,16,17)(H2,13,14,18). The summed E-state index contributed by atoms with van der Waals surface area (Å²) in [5.74, 6) is -1.01. The van der Waals surface area contributed by atoms with E-state index in [9.17, 15) is 18.0 Å². The number of rotatable bonds is 8. The van der Waals surface area contributed by atoms with Crippen LogP contribution in [-0.2, 0) is 14.8 Å². The van der Waals surface area contributed by atoms with Crippen LogP contribution in [-0.4, -0.2) is 45.2 Å². The molecule has 0 radical (unpaired) electrons. The smallest absolute Gasteiger partial charge is 0.314 e. The molecule has 0 aliphatic rings. The van der Waals surface area contributed by atoms with E-state index < -0.39 is 22.0 Å².